The summed E-state index contributed by atoms with van der Waals surface area (Å²) in [4.78, 5) is 38.4. The molecule has 212 valence electrons. The van der Waals surface area contributed by atoms with Crippen molar-refractivity contribution >= 4 is 17.5 Å². The van der Waals surface area contributed by atoms with Crippen molar-refractivity contribution in [1.82, 2.24) is 5.32 Å². The lowest BCUT2D eigenvalue weighted by molar-refractivity contribution is -0.182. The summed E-state index contributed by atoms with van der Waals surface area (Å²) in [6.07, 6.45) is 6.38. The second-order valence-electron chi connectivity index (χ2n) is 12.9. The minimum atomic E-state index is -1.66. The van der Waals surface area contributed by atoms with E-state index in [1.165, 1.54) is 0 Å². The molecule has 3 fully saturated rings. The molecule has 0 bridgehead atoms. The van der Waals surface area contributed by atoms with E-state index in [0.717, 1.165) is 43.4 Å². The number of nitrogens with one attached hydrogen (secondary N) is 1. The van der Waals surface area contributed by atoms with Gasteiger partial charge in [0.25, 0.3) is 0 Å². The summed E-state index contributed by atoms with van der Waals surface area (Å²) in [5, 5.41) is 26.7. The van der Waals surface area contributed by atoms with E-state index in [4.69, 9.17) is 4.74 Å². The fraction of sp³-hybridized carbons (Fsp3) is 0.656. The number of benzene rings is 1. The first-order valence-electron chi connectivity index (χ1n) is 14.7. The lowest BCUT2D eigenvalue weighted by Gasteiger charge is -2.60. The quantitative estimate of drug-likeness (QED) is 0.337. The van der Waals surface area contributed by atoms with Gasteiger partial charge in [-0.25, -0.2) is 4.79 Å². The zero-order chi connectivity index (χ0) is 28.0. The molecule has 1 aromatic rings. The van der Waals surface area contributed by atoms with Crippen LogP contribution in [-0.4, -0.2) is 52.6 Å². The van der Waals surface area contributed by atoms with Crippen LogP contribution in [0.25, 0.3) is 0 Å². The summed E-state index contributed by atoms with van der Waals surface area (Å²) < 4.78 is 5.43. The molecule has 3 N–H and O–H groups in total. The van der Waals surface area contributed by atoms with Crippen LogP contribution >= 0.6 is 0 Å². The Hall–Kier alpha value is -2.35. The van der Waals surface area contributed by atoms with E-state index in [0.29, 0.717) is 37.8 Å². The van der Waals surface area contributed by atoms with Gasteiger partial charge in [-0.2, -0.15) is 0 Å². The van der Waals surface area contributed by atoms with Crippen LogP contribution in [0.4, 0.5) is 0 Å². The number of carbonyl (C=O) groups is 3. The molecule has 0 heterocycles. The highest BCUT2D eigenvalue weighted by atomic mass is 16.5. The lowest BCUT2D eigenvalue weighted by atomic mass is 9.45. The Balaban J connectivity index is 1.29. The van der Waals surface area contributed by atoms with E-state index in [1.807, 2.05) is 13.0 Å². The Labute approximate surface area is 231 Å². The number of aliphatic hydroxyl groups is 2. The van der Waals surface area contributed by atoms with E-state index in [1.54, 1.807) is 24.3 Å². The molecule has 1 aromatic carbocycles. The van der Waals surface area contributed by atoms with Crippen LogP contribution in [0, 0.1) is 28.6 Å². The molecule has 7 atom stereocenters. The normalized spacial score (nSPS) is 37.4. The zero-order valence-corrected chi connectivity index (χ0v) is 23.5. The van der Waals surface area contributed by atoms with Crippen LogP contribution in [0.2, 0.25) is 0 Å². The average molecular weight is 538 g/mol. The third-order valence-corrected chi connectivity index (χ3v) is 10.8. The maximum Gasteiger partial charge on any atom is 0.338 e. The number of ketones is 2. The third kappa shape index (κ3) is 4.70. The van der Waals surface area contributed by atoms with Crippen molar-refractivity contribution < 1.29 is 29.3 Å². The van der Waals surface area contributed by atoms with E-state index in [2.05, 4.69) is 19.2 Å². The van der Waals surface area contributed by atoms with Crippen molar-refractivity contribution in [3.63, 3.8) is 0 Å². The summed E-state index contributed by atoms with van der Waals surface area (Å²) in [7, 11) is 0. The van der Waals surface area contributed by atoms with E-state index in [-0.39, 0.29) is 29.0 Å². The van der Waals surface area contributed by atoms with Crippen LogP contribution < -0.4 is 5.32 Å². The van der Waals surface area contributed by atoms with Crippen molar-refractivity contribution in [2.75, 3.05) is 13.2 Å². The van der Waals surface area contributed by atoms with Gasteiger partial charge in [0.1, 0.15) is 5.60 Å². The number of rotatable bonds is 8. The SMILES string of the molecule is CCCNCc1cccc(C(=O)OCC(=O)[C@@]2(O)CC[C@H]3[C@@H]4CCC5=CC(=O)CC[C@]5(C)[C@H]4[C@@H](O)C[C@@]32C)c1. The minimum Gasteiger partial charge on any atom is -0.454 e. The van der Waals surface area contributed by atoms with Gasteiger partial charge < -0.3 is 20.3 Å². The Morgan fingerprint density at radius 3 is 2.72 bits per heavy atom. The van der Waals surface area contributed by atoms with E-state index in [9.17, 15) is 24.6 Å². The largest absolute Gasteiger partial charge is 0.454 e. The van der Waals surface area contributed by atoms with Gasteiger partial charge in [-0.1, -0.05) is 38.5 Å². The molecule has 7 heteroatoms. The molecule has 4 aliphatic rings. The Morgan fingerprint density at radius 1 is 1.15 bits per heavy atom. The molecule has 0 spiro atoms. The lowest BCUT2D eigenvalue weighted by Crippen LogP contribution is -2.62. The Bertz CT molecular complexity index is 1180. The maximum atomic E-state index is 13.5. The number of carbonyl (C=O) groups excluding carboxylic acids is 3. The highest BCUT2D eigenvalue weighted by Gasteiger charge is 2.68. The van der Waals surface area contributed by atoms with Crippen LogP contribution in [-0.2, 0) is 20.9 Å². The number of Topliss-reactive ketones (excluding diaryl/α,β-unsaturated/α-hetero) is 1. The molecular weight excluding hydrogens is 494 g/mol. The smallest absolute Gasteiger partial charge is 0.338 e. The van der Waals surface area contributed by atoms with E-state index >= 15 is 0 Å². The van der Waals surface area contributed by atoms with Crippen molar-refractivity contribution in [3.05, 3.63) is 47.0 Å². The molecule has 0 unspecified atom stereocenters. The number of fused-ring (bicyclic) bond motifs is 5. The van der Waals surface area contributed by atoms with Crippen LogP contribution in [0.15, 0.2) is 35.9 Å². The van der Waals surface area contributed by atoms with Crippen molar-refractivity contribution in [2.24, 2.45) is 28.6 Å². The topological polar surface area (TPSA) is 113 Å². The summed E-state index contributed by atoms with van der Waals surface area (Å²) in [6.45, 7) is 7.25. The highest BCUT2D eigenvalue weighted by Crippen LogP contribution is 2.67. The highest BCUT2D eigenvalue weighted by molar-refractivity contribution is 5.94. The number of aliphatic hydroxyl groups excluding tert-OH is 1. The Kier molecular flexibility index (Phi) is 7.64. The molecule has 0 radical (unpaired) electrons. The van der Waals surface area contributed by atoms with Gasteiger partial charge in [0.15, 0.2) is 12.4 Å². The number of allylic oxidation sites excluding steroid dienone is 1. The molecule has 5 rings (SSSR count). The monoisotopic (exact) mass is 537 g/mol. The average Bonchev–Trinajstić information content (AvgIpc) is 3.18. The molecule has 0 saturated heterocycles. The summed E-state index contributed by atoms with van der Waals surface area (Å²) in [5.74, 6) is -0.636. The Morgan fingerprint density at radius 2 is 1.95 bits per heavy atom. The summed E-state index contributed by atoms with van der Waals surface area (Å²) in [5.41, 5.74) is -0.190. The number of hydrogen-bond acceptors (Lipinski definition) is 7. The first kappa shape index (κ1) is 28.2. The van der Waals surface area contributed by atoms with Gasteiger partial charge in [-0.3, -0.25) is 9.59 Å². The predicted octanol–water partition coefficient (Wildman–Crippen LogP) is 4.15. The van der Waals surface area contributed by atoms with Crippen molar-refractivity contribution in [2.45, 2.75) is 90.4 Å². The standard InChI is InChI=1S/C32H43NO6/c1-4-14-33-18-20-6-5-7-21(15-20)29(37)39-19-27(36)32(38)13-11-25-24-9-8-22-16-23(34)10-12-30(22,2)28(24)26(35)17-31(25,32)3/h5-7,15-16,24-26,28,33,35,38H,4,8-14,17-19H2,1-3H3/t24-,25-,26-,28+,30-,31-,32-/m0/s1. The summed E-state index contributed by atoms with van der Waals surface area (Å²) >= 11 is 0. The minimum absolute atomic E-state index is 0.0121. The number of esters is 1. The van der Waals surface area contributed by atoms with Crippen LogP contribution in [0.5, 0.6) is 0 Å². The molecule has 39 heavy (non-hydrogen) atoms. The third-order valence-electron chi connectivity index (χ3n) is 10.8. The second-order valence-corrected chi connectivity index (χ2v) is 12.9. The molecule has 7 nitrogen and oxygen atoms in total. The zero-order valence-electron chi connectivity index (χ0n) is 23.5. The predicted molar refractivity (Wildman–Crippen MR) is 147 cm³/mol. The van der Waals surface area contributed by atoms with Gasteiger partial charge in [-0.15, -0.1) is 0 Å². The molecule has 0 aromatic heterocycles. The van der Waals surface area contributed by atoms with Crippen molar-refractivity contribution in [3.8, 4) is 0 Å². The first-order valence-corrected chi connectivity index (χ1v) is 14.7. The molecule has 0 aliphatic heterocycles. The number of hydrogen-bond donors (Lipinski definition) is 3. The van der Waals surface area contributed by atoms with E-state index < -0.39 is 35.5 Å². The summed E-state index contributed by atoms with van der Waals surface area (Å²) in [6, 6.07) is 7.16. The van der Waals surface area contributed by atoms with Gasteiger partial charge >= 0.3 is 5.97 Å². The number of ether oxygens (including phenoxy) is 1. The van der Waals surface area contributed by atoms with Gasteiger partial charge in [-0.05, 0) is 98.4 Å². The van der Waals surface area contributed by atoms with Crippen molar-refractivity contribution in [1.29, 1.82) is 0 Å². The first-order chi connectivity index (χ1) is 18.5. The van der Waals surface area contributed by atoms with Gasteiger partial charge in [0, 0.05) is 18.4 Å². The molecular formula is C32H43NO6. The molecule has 3 saturated carbocycles. The van der Waals surface area contributed by atoms with Crippen LogP contribution in [0.1, 0.15) is 88.1 Å². The maximum absolute atomic E-state index is 13.5. The van der Waals surface area contributed by atoms with Gasteiger partial charge in [0.05, 0.1) is 11.7 Å². The fourth-order valence-corrected chi connectivity index (χ4v) is 8.70. The molecule has 4 aliphatic carbocycles. The second kappa shape index (κ2) is 10.6. The van der Waals surface area contributed by atoms with Gasteiger partial charge in [0.2, 0.25) is 5.78 Å². The van der Waals surface area contributed by atoms with Crippen LogP contribution in [0.3, 0.4) is 0 Å². The molecule has 0 amide bonds. The fourth-order valence-electron chi connectivity index (χ4n) is 8.70.